The van der Waals surface area contributed by atoms with Gasteiger partial charge in [-0.15, -0.1) is 22.7 Å². The van der Waals surface area contributed by atoms with Crippen molar-refractivity contribution in [3.8, 4) is 0 Å². The highest BCUT2D eigenvalue weighted by Crippen LogP contribution is 2.26. The molecule has 1 N–H and O–H groups in total. The van der Waals surface area contributed by atoms with Gasteiger partial charge in [-0.1, -0.05) is 19.4 Å². The third kappa shape index (κ3) is 3.65. The third-order valence-electron chi connectivity index (χ3n) is 2.66. The van der Waals surface area contributed by atoms with Crippen LogP contribution >= 0.6 is 38.6 Å². The number of thiophene rings is 2. The molecule has 2 heterocycles. The predicted molar refractivity (Wildman–Crippen MR) is 80.8 cm³/mol. The van der Waals surface area contributed by atoms with Crippen molar-refractivity contribution in [1.82, 2.24) is 5.32 Å². The summed E-state index contributed by atoms with van der Waals surface area (Å²) in [5.41, 5.74) is 0. The number of rotatable bonds is 6. The lowest BCUT2D eigenvalue weighted by Gasteiger charge is -2.16. The fourth-order valence-electron chi connectivity index (χ4n) is 1.79. The van der Waals surface area contributed by atoms with Gasteiger partial charge in [-0.25, -0.2) is 0 Å². The molecule has 0 saturated carbocycles. The highest BCUT2D eigenvalue weighted by molar-refractivity contribution is 9.10. The van der Waals surface area contributed by atoms with Crippen molar-refractivity contribution in [2.24, 2.45) is 0 Å². The molecule has 0 radical (unpaired) electrons. The van der Waals surface area contributed by atoms with Crippen molar-refractivity contribution in [2.45, 2.75) is 32.4 Å². The molecule has 4 heteroatoms. The van der Waals surface area contributed by atoms with Crippen molar-refractivity contribution >= 4 is 38.6 Å². The molecule has 2 aromatic heterocycles. The van der Waals surface area contributed by atoms with Crippen molar-refractivity contribution in [1.29, 1.82) is 0 Å². The van der Waals surface area contributed by atoms with Gasteiger partial charge in [-0.3, -0.25) is 0 Å². The Morgan fingerprint density at radius 2 is 2.18 bits per heavy atom. The van der Waals surface area contributed by atoms with Crippen LogP contribution in [-0.2, 0) is 6.54 Å². The van der Waals surface area contributed by atoms with Crippen LogP contribution in [0.1, 0.15) is 35.6 Å². The summed E-state index contributed by atoms with van der Waals surface area (Å²) in [4.78, 5) is 2.82. The second kappa shape index (κ2) is 6.69. The molecule has 0 aliphatic rings. The van der Waals surface area contributed by atoms with Crippen molar-refractivity contribution < 1.29 is 0 Å². The second-order valence-electron chi connectivity index (χ2n) is 3.93. The molecule has 92 valence electrons. The Morgan fingerprint density at radius 3 is 2.76 bits per heavy atom. The average Bonchev–Trinajstić information content (AvgIpc) is 2.96. The number of nitrogens with one attached hydrogen (secondary N) is 1. The standard InChI is InChI=1S/C13H16BrNS2/c1-2-4-11(12-5-3-7-16-12)15-9-13-10(14)6-8-17-13/h3,5-8,11,15H,2,4,9H2,1H3. The van der Waals surface area contributed by atoms with Gasteiger partial charge in [-0.05, 0) is 45.2 Å². The van der Waals surface area contributed by atoms with E-state index in [0.29, 0.717) is 6.04 Å². The Balaban J connectivity index is 1.97. The lowest BCUT2D eigenvalue weighted by molar-refractivity contribution is 0.502. The predicted octanol–water partition coefficient (Wildman–Crippen LogP) is 5.20. The molecule has 0 aliphatic carbocycles. The lowest BCUT2D eigenvalue weighted by atomic mass is 10.1. The molecule has 17 heavy (non-hydrogen) atoms. The first-order valence-corrected chi connectivity index (χ1v) is 8.35. The zero-order valence-electron chi connectivity index (χ0n) is 9.78. The topological polar surface area (TPSA) is 12.0 Å². The molecule has 2 rings (SSSR count). The Kier molecular flexibility index (Phi) is 5.22. The Labute approximate surface area is 119 Å². The molecule has 2 aromatic rings. The van der Waals surface area contributed by atoms with Crippen LogP contribution in [0.5, 0.6) is 0 Å². The van der Waals surface area contributed by atoms with E-state index >= 15 is 0 Å². The summed E-state index contributed by atoms with van der Waals surface area (Å²) >= 11 is 7.22. The molecule has 0 spiro atoms. The normalized spacial score (nSPS) is 12.8. The molecule has 1 unspecified atom stereocenters. The minimum atomic E-state index is 0.494. The Bertz CT molecular complexity index is 436. The highest BCUT2D eigenvalue weighted by Gasteiger charge is 2.11. The van der Waals surface area contributed by atoms with E-state index in [1.165, 1.54) is 27.1 Å². The van der Waals surface area contributed by atoms with E-state index in [9.17, 15) is 0 Å². The number of hydrogen-bond acceptors (Lipinski definition) is 3. The van der Waals surface area contributed by atoms with Gasteiger partial charge in [0.15, 0.2) is 0 Å². The molecule has 1 nitrogen and oxygen atoms in total. The lowest BCUT2D eigenvalue weighted by Crippen LogP contribution is -2.19. The van der Waals surface area contributed by atoms with Gasteiger partial charge in [0.1, 0.15) is 0 Å². The minimum absolute atomic E-state index is 0.494. The molecule has 0 amide bonds. The second-order valence-corrected chi connectivity index (χ2v) is 6.76. The fraction of sp³-hybridized carbons (Fsp3) is 0.385. The summed E-state index contributed by atoms with van der Waals surface area (Å²) in [5.74, 6) is 0. The van der Waals surface area contributed by atoms with Gasteiger partial charge in [0.25, 0.3) is 0 Å². The molecule has 0 bridgehead atoms. The van der Waals surface area contributed by atoms with Crippen LogP contribution in [0.2, 0.25) is 0 Å². The van der Waals surface area contributed by atoms with Gasteiger partial charge in [0.05, 0.1) is 0 Å². The van der Waals surface area contributed by atoms with Crippen LogP contribution in [0.15, 0.2) is 33.4 Å². The van der Waals surface area contributed by atoms with E-state index in [4.69, 9.17) is 0 Å². The summed E-state index contributed by atoms with van der Waals surface area (Å²) < 4.78 is 1.22. The van der Waals surface area contributed by atoms with E-state index in [-0.39, 0.29) is 0 Å². The summed E-state index contributed by atoms with van der Waals surface area (Å²) in [7, 11) is 0. The smallest absolute Gasteiger partial charge is 0.0417 e. The summed E-state index contributed by atoms with van der Waals surface area (Å²) in [6.07, 6.45) is 2.41. The zero-order chi connectivity index (χ0) is 12.1. The molecular formula is C13H16BrNS2. The number of hydrogen-bond donors (Lipinski definition) is 1. The van der Waals surface area contributed by atoms with Crippen LogP contribution in [0, 0.1) is 0 Å². The first-order valence-electron chi connectivity index (χ1n) is 5.80. The summed E-state index contributed by atoms with van der Waals surface area (Å²) in [5, 5.41) is 7.94. The van der Waals surface area contributed by atoms with Gasteiger partial charge in [-0.2, -0.15) is 0 Å². The van der Waals surface area contributed by atoms with Crippen molar-refractivity contribution in [3.63, 3.8) is 0 Å². The van der Waals surface area contributed by atoms with Crippen LogP contribution < -0.4 is 5.32 Å². The van der Waals surface area contributed by atoms with Crippen LogP contribution in [0.3, 0.4) is 0 Å². The van der Waals surface area contributed by atoms with Gasteiger partial charge >= 0.3 is 0 Å². The van der Waals surface area contributed by atoms with E-state index in [1.54, 1.807) is 11.3 Å². The first kappa shape index (κ1) is 13.3. The van der Waals surface area contributed by atoms with Crippen LogP contribution in [-0.4, -0.2) is 0 Å². The summed E-state index contributed by atoms with van der Waals surface area (Å²) in [6.45, 7) is 3.18. The first-order chi connectivity index (χ1) is 8.31. The van der Waals surface area contributed by atoms with E-state index < -0.39 is 0 Å². The Hall–Kier alpha value is -0.160. The molecular weight excluding hydrogens is 314 g/mol. The largest absolute Gasteiger partial charge is 0.304 e. The third-order valence-corrected chi connectivity index (χ3v) is 5.58. The molecule has 1 atom stereocenters. The summed E-state index contributed by atoms with van der Waals surface area (Å²) in [6, 6.07) is 6.96. The number of halogens is 1. The van der Waals surface area contributed by atoms with Crippen LogP contribution in [0.25, 0.3) is 0 Å². The SMILES string of the molecule is CCCC(NCc1sccc1Br)c1cccs1. The van der Waals surface area contributed by atoms with Gasteiger partial charge in [0.2, 0.25) is 0 Å². The van der Waals surface area contributed by atoms with Crippen molar-refractivity contribution in [3.05, 3.63) is 43.2 Å². The maximum absolute atomic E-state index is 3.66. The molecule has 0 aromatic carbocycles. The molecule has 0 saturated heterocycles. The van der Waals surface area contributed by atoms with Crippen molar-refractivity contribution in [2.75, 3.05) is 0 Å². The van der Waals surface area contributed by atoms with E-state index in [2.05, 4.69) is 57.1 Å². The zero-order valence-corrected chi connectivity index (χ0v) is 13.0. The average molecular weight is 330 g/mol. The Morgan fingerprint density at radius 1 is 1.29 bits per heavy atom. The molecule has 0 aliphatic heterocycles. The maximum atomic E-state index is 3.66. The van der Waals surface area contributed by atoms with E-state index in [0.717, 1.165) is 6.54 Å². The van der Waals surface area contributed by atoms with Crippen LogP contribution in [0.4, 0.5) is 0 Å². The quantitative estimate of drug-likeness (QED) is 0.767. The highest BCUT2D eigenvalue weighted by atomic mass is 79.9. The van der Waals surface area contributed by atoms with Gasteiger partial charge in [0, 0.05) is 26.8 Å². The van der Waals surface area contributed by atoms with Gasteiger partial charge < -0.3 is 5.32 Å². The molecule has 0 fully saturated rings. The maximum Gasteiger partial charge on any atom is 0.0417 e. The minimum Gasteiger partial charge on any atom is -0.304 e. The van der Waals surface area contributed by atoms with E-state index in [1.807, 2.05) is 11.3 Å². The fourth-order valence-corrected chi connectivity index (χ4v) is 4.07. The monoisotopic (exact) mass is 329 g/mol.